The molecule has 0 aliphatic carbocycles. The molecular formula is C14H23NO2. The van der Waals surface area contributed by atoms with Gasteiger partial charge in [-0.3, -0.25) is 0 Å². The highest BCUT2D eigenvalue weighted by Gasteiger charge is 2.17. The minimum atomic E-state index is -0.112. The Kier molecular flexibility index (Phi) is 5.45. The van der Waals surface area contributed by atoms with E-state index in [1.165, 1.54) is 0 Å². The first-order valence-electron chi connectivity index (χ1n) is 6.23. The maximum absolute atomic E-state index is 9.26. The molecule has 2 unspecified atom stereocenters. The van der Waals surface area contributed by atoms with Crippen LogP contribution in [-0.4, -0.2) is 18.3 Å². The minimum absolute atomic E-state index is 0.112. The average Bonchev–Trinajstić information content (AvgIpc) is 2.33. The van der Waals surface area contributed by atoms with E-state index >= 15 is 0 Å². The molecule has 0 saturated carbocycles. The van der Waals surface area contributed by atoms with E-state index in [2.05, 4.69) is 0 Å². The van der Waals surface area contributed by atoms with Crippen molar-refractivity contribution in [2.75, 3.05) is 13.2 Å². The molecule has 0 radical (unpaired) electrons. The molecule has 1 aromatic carbocycles. The lowest BCUT2D eigenvalue weighted by atomic mass is 9.91. The summed E-state index contributed by atoms with van der Waals surface area (Å²) in [6.07, 6.45) is 0.879. The smallest absolute Gasteiger partial charge is 0.122 e. The number of ether oxygens (including phenoxy) is 1. The van der Waals surface area contributed by atoms with Gasteiger partial charge in [0.2, 0.25) is 0 Å². The van der Waals surface area contributed by atoms with Crippen LogP contribution in [0.4, 0.5) is 0 Å². The van der Waals surface area contributed by atoms with Gasteiger partial charge in [0.05, 0.1) is 6.61 Å². The van der Waals surface area contributed by atoms with Gasteiger partial charge in [0.1, 0.15) is 5.75 Å². The van der Waals surface area contributed by atoms with Crippen LogP contribution in [0.25, 0.3) is 0 Å². The number of hydrogen-bond acceptors (Lipinski definition) is 3. The number of hydrogen-bond donors (Lipinski definition) is 2. The van der Waals surface area contributed by atoms with Gasteiger partial charge in [0.25, 0.3) is 0 Å². The molecule has 1 rings (SSSR count). The Morgan fingerprint density at radius 3 is 2.53 bits per heavy atom. The first-order chi connectivity index (χ1) is 8.13. The Bertz CT molecular complexity index is 348. The van der Waals surface area contributed by atoms with Crippen molar-refractivity contribution >= 4 is 0 Å². The van der Waals surface area contributed by atoms with Gasteiger partial charge in [-0.15, -0.1) is 0 Å². The molecule has 96 valence electrons. The summed E-state index contributed by atoms with van der Waals surface area (Å²) in [5.74, 6) is 1.02. The van der Waals surface area contributed by atoms with Crippen LogP contribution in [0.2, 0.25) is 0 Å². The van der Waals surface area contributed by atoms with Crippen molar-refractivity contribution in [3.8, 4) is 5.75 Å². The van der Waals surface area contributed by atoms with E-state index in [9.17, 15) is 5.11 Å². The topological polar surface area (TPSA) is 55.5 Å². The van der Waals surface area contributed by atoms with Crippen molar-refractivity contribution in [3.05, 3.63) is 29.3 Å². The van der Waals surface area contributed by atoms with Crippen LogP contribution in [0.5, 0.6) is 5.75 Å². The van der Waals surface area contributed by atoms with Crippen molar-refractivity contribution < 1.29 is 9.84 Å². The molecule has 0 saturated heterocycles. The first-order valence-corrected chi connectivity index (χ1v) is 6.23. The maximum atomic E-state index is 9.26. The average molecular weight is 237 g/mol. The van der Waals surface area contributed by atoms with Crippen molar-refractivity contribution in [3.63, 3.8) is 0 Å². The van der Waals surface area contributed by atoms with Crippen LogP contribution < -0.4 is 10.5 Å². The second kappa shape index (κ2) is 6.62. The Balaban J connectivity index is 2.88. The lowest BCUT2D eigenvalue weighted by Gasteiger charge is -2.21. The van der Waals surface area contributed by atoms with Gasteiger partial charge < -0.3 is 15.6 Å². The van der Waals surface area contributed by atoms with Crippen LogP contribution in [-0.2, 0) is 0 Å². The van der Waals surface area contributed by atoms with E-state index in [1.807, 2.05) is 39.0 Å². The molecule has 0 amide bonds. The summed E-state index contributed by atoms with van der Waals surface area (Å²) in [6, 6.07) is 5.88. The summed E-state index contributed by atoms with van der Waals surface area (Å²) < 4.78 is 5.49. The van der Waals surface area contributed by atoms with Gasteiger partial charge in [-0.1, -0.05) is 19.1 Å². The number of aryl methyl sites for hydroxylation is 1. The summed E-state index contributed by atoms with van der Waals surface area (Å²) in [4.78, 5) is 0. The quantitative estimate of drug-likeness (QED) is 0.799. The summed E-state index contributed by atoms with van der Waals surface area (Å²) >= 11 is 0. The molecule has 3 N–H and O–H groups in total. The number of aliphatic hydroxyl groups excluding tert-OH is 1. The van der Waals surface area contributed by atoms with E-state index in [0.717, 1.165) is 23.3 Å². The largest absolute Gasteiger partial charge is 0.494 e. The lowest BCUT2D eigenvalue weighted by Crippen LogP contribution is -2.23. The van der Waals surface area contributed by atoms with E-state index < -0.39 is 0 Å². The fraction of sp³-hybridized carbons (Fsp3) is 0.571. The SMILES string of the molecule is CCOc1ccc(C(N)C(CC)CO)cc1C. The standard InChI is InChI=1S/C14H23NO2/c1-4-11(9-16)14(15)12-6-7-13(17-5-2)10(3)8-12/h6-8,11,14,16H,4-5,9,15H2,1-3H3. The van der Waals surface area contributed by atoms with Crippen LogP contribution in [0.15, 0.2) is 18.2 Å². The minimum Gasteiger partial charge on any atom is -0.494 e. The highest BCUT2D eigenvalue weighted by Crippen LogP contribution is 2.26. The van der Waals surface area contributed by atoms with Crippen molar-refractivity contribution in [2.24, 2.45) is 11.7 Å². The molecule has 3 nitrogen and oxygen atoms in total. The third-order valence-corrected chi connectivity index (χ3v) is 3.15. The number of aliphatic hydroxyl groups is 1. The maximum Gasteiger partial charge on any atom is 0.122 e. The summed E-state index contributed by atoms with van der Waals surface area (Å²) in [5.41, 5.74) is 8.30. The molecule has 1 aromatic rings. The molecule has 0 aromatic heterocycles. The molecule has 0 fully saturated rings. The van der Waals surface area contributed by atoms with Crippen LogP contribution >= 0.6 is 0 Å². The molecule has 0 aliphatic rings. The Morgan fingerprint density at radius 1 is 1.35 bits per heavy atom. The molecule has 17 heavy (non-hydrogen) atoms. The van der Waals surface area contributed by atoms with Crippen LogP contribution in [0.3, 0.4) is 0 Å². The van der Waals surface area contributed by atoms with Crippen LogP contribution in [0.1, 0.15) is 37.4 Å². The third-order valence-electron chi connectivity index (χ3n) is 3.15. The predicted molar refractivity (Wildman–Crippen MR) is 70.1 cm³/mol. The van der Waals surface area contributed by atoms with Crippen LogP contribution in [0, 0.1) is 12.8 Å². The Hall–Kier alpha value is -1.06. The molecular weight excluding hydrogens is 214 g/mol. The van der Waals surface area contributed by atoms with E-state index in [1.54, 1.807) is 0 Å². The van der Waals surface area contributed by atoms with Gasteiger partial charge in [0.15, 0.2) is 0 Å². The summed E-state index contributed by atoms with van der Waals surface area (Å²) in [5, 5.41) is 9.26. The number of benzene rings is 1. The Labute approximate surface area is 104 Å². The van der Waals surface area contributed by atoms with Gasteiger partial charge in [0, 0.05) is 18.6 Å². The molecule has 0 heterocycles. The van der Waals surface area contributed by atoms with Gasteiger partial charge in [-0.25, -0.2) is 0 Å². The summed E-state index contributed by atoms with van der Waals surface area (Å²) in [6.45, 7) is 6.83. The zero-order valence-electron chi connectivity index (χ0n) is 10.9. The van der Waals surface area contributed by atoms with Gasteiger partial charge in [-0.2, -0.15) is 0 Å². The number of rotatable bonds is 6. The van der Waals surface area contributed by atoms with Crippen molar-refractivity contribution in [2.45, 2.75) is 33.2 Å². The highest BCUT2D eigenvalue weighted by atomic mass is 16.5. The molecule has 3 heteroatoms. The predicted octanol–water partition coefficient (Wildman–Crippen LogP) is 2.41. The first kappa shape index (κ1) is 14.0. The zero-order chi connectivity index (χ0) is 12.8. The van der Waals surface area contributed by atoms with E-state index in [4.69, 9.17) is 10.5 Å². The number of nitrogens with two attached hydrogens (primary N) is 1. The molecule has 0 spiro atoms. The summed E-state index contributed by atoms with van der Waals surface area (Å²) in [7, 11) is 0. The second-order valence-corrected chi connectivity index (χ2v) is 4.33. The van der Waals surface area contributed by atoms with Crippen molar-refractivity contribution in [1.82, 2.24) is 0 Å². The molecule has 0 aliphatic heterocycles. The fourth-order valence-corrected chi connectivity index (χ4v) is 1.97. The Morgan fingerprint density at radius 2 is 2.06 bits per heavy atom. The van der Waals surface area contributed by atoms with Crippen molar-refractivity contribution in [1.29, 1.82) is 0 Å². The highest BCUT2D eigenvalue weighted by molar-refractivity contribution is 5.37. The molecule has 0 bridgehead atoms. The normalized spacial score (nSPS) is 14.4. The zero-order valence-corrected chi connectivity index (χ0v) is 10.9. The third kappa shape index (κ3) is 3.45. The van der Waals surface area contributed by atoms with E-state index in [-0.39, 0.29) is 18.6 Å². The van der Waals surface area contributed by atoms with Gasteiger partial charge >= 0.3 is 0 Å². The fourth-order valence-electron chi connectivity index (χ4n) is 1.97. The molecule has 2 atom stereocenters. The van der Waals surface area contributed by atoms with Gasteiger partial charge in [-0.05, 0) is 37.5 Å². The van der Waals surface area contributed by atoms with E-state index in [0.29, 0.717) is 6.61 Å². The lowest BCUT2D eigenvalue weighted by molar-refractivity contribution is 0.200. The monoisotopic (exact) mass is 237 g/mol. The second-order valence-electron chi connectivity index (χ2n) is 4.33.